The first-order valence-corrected chi connectivity index (χ1v) is 9.67. The van der Waals surface area contributed by atoms with Crippen LogP contribution in [0.1, 0.15) is 41.2 Å². The minimum absolute atomic E-state index is 0. The Morgan fingerprint density at radius 2 is 1.86 bits per heavy atom. The zero-order chi connectivity index (χ0) is 18.6. The maximum Gasteiger partial charge on any atom is 0.254 e. The SMILES string of the molecule is COc1ccccc1C1CNCCN1C(=O)c1ccc(OC2CCC2)cc1.Cl. The maximum absolute atomic E-state index is 13.2. The van der Waals surface area contributed by atoms with Crippen molar-refractivity contribution in [3.63, 3.8) is 0 Å². The maximum atomic E-state index is 13.2. The topological polar surface area (TPSA) is 50.8 Å². The molecule has 6 heteroatoms. The van der Waals surface area contributed by atoms with Gasteiger partial charge in [0.05, 0.1) is 19.3 Å². The van der Waals surface area contributed by atoms with E-state index in [1.807, 2.05) is 53.4 Å². The molecule has 150 valence electrons. The predicted octanol–water partition coefficient (Wildman–Crippen LogP) is 3.84. The molecule has 1 saturated heterocycles. The third kappa shape index (κ3) is 4.26. The van der Waals surface area contributed by atoms with Crippen LogP contribution in [0.3, 0.4) is 0 Å². The number of methoxy groups -OCH3 is 1. The molecular formula is C22H27ClN2O3. The number of benzene rings is 2. The van der Waals surface area contributed by atoms with Crippen LogP contribution in [0.25, 0.3) is 0 Å². The van der Waals surface area contributed by atoms with Crippen molar-refractivity contribution in [2.24, 2.45) is 0 Å². The van der Waals surface area contributed by atoms with Crippen LogP contribution in [0.15, 0.2) is 48.5 Å². The number of piperazine rings is 1. The van der Waals surface area contributed by atoms with Crippen LogP contribution >= 0.6 is 12.4 Å². The van der Waals surface area contributed by atoms with E-state index in [0.29, 0.717) is 18.2 Å². The Morgan fingerprint density at radius 1 is 1.11 bits per heavy atom. The second kappa shape index (κ2) is 9.30. The Bertz CT molecular complexity index is 793. The van der Waals surface area contributed by atoms with E-state index >= 15 is 0 Å². The number of hydrogen-bond acceptors (Lipinski definition) is 4. The van der Waals surface area contributed by atoms with Crippen molar-refractivity contribution in [2.45, 2.75) is 31.4 Å². The smallest absolute Gasteiger partial charge is 0.254 e. The average Bonchev–Trinajstić information content (AvgIpc) is 2.70. The second-order valence-corrected chi connectivity index (χ2v) is 7.16. The van der Waals surface area contributed by atoms with Gasteiger partial charge in [-0.25, -0.2) is 0 Å². The first-order chi connectivity index (χ1) is 13.3. The van der Waals surface area contributed by atoms with Crippen molar-refractivity contribution in [2.75, 3.05) is 26.7 Å². The molecule has 2 fully saturated rings. The lowest BCUT2D eigenvalue weighted by atomic mass is 9.96. The zero-order valence-electron chi connectivity index (χ0n) is 16.1. The van der Waals surface area contributed by atoms with Crippen molar-refractivity contribution in [1.29, 1.82) is 0 Å². The van der Waals surface area contributed by atoms with E-state index in [1.165, 1.54) is 6.42 Å². The highest BCUT2D eigenvalue weighted by Gasteiger charge is 2.30. The van der Waals surface area contributed by atoms with E-state index in [9.17, 15) is 4.79 Å². The standard InChI is InChI=1S/C22H26N2O3.ClH/c1-26-21-8-3-2-7-19(21)20-15-23-13-14-24(20)22(25)16-9-11-18(12-10-16)27-17-5-4-6-17;/h2-3,7-12,17,20,23H,4-6,13-15H2,1H3;1H. The molecular weight excluding hydrogens is 376 g/mol. The van der Waals surface area contributed by atoms with E-state index in [1.54, 1.807) is 7.11 Å². The summed E-state index contributed by atoms with van der Waals surface area (Å²) in [6.07, 6.45) is 3.84. The largest absolute Gasteiger partial charge is 0.496 e. The van der Waals surface area contributed by atoms with Crippen LogP contribution in [0.5, 0.6) is 11.5 Å². The van der Waals surface area contributed by atoms with E-state index < -0.39 is 0 Å². The minimum Gasteiger partial charge on any atom is -0.496 e. The summed E-state index contributed by atoms with van der Waals surface area (Å²) in [6, 6.07) is 15.4. The Morgan fingerprint density at radius 3 is 2.54 bits per heavy atom. The van der Waals surface area contributed by atoms with E-state index in [-0.39, 0.29) is 24.4 Å². The summed E-state index contributed by atoms with van der Waals surface area (Å²) in [4.78, 5) is 15.1. The van der Waals surface area contributed by atoms with Crippen LogP contribution in [0, 0.1) is 0 Å². The zero-order valence-corrected chi connectivity index (χ0v) is 16.9. The van der Waals surface area contributed by atoms with Gasteiger partial charge in [-0.2, -0.15) is 0 Å². The number of hydrogen-bond donors (Lipinski definition) is 1. The summed E-state index contributed by atoms with van der Waals surface area (Å²) in [6.45, 7) is 2.18. The van der Waals surface area contributed by atoms with Crippen molar-refractivity contribution >= 4 is 18.3 Å². The molecule has 4 rings (SSSR count). The molecule has 2 aromatic rings. The summed E-state index contributed by atoms with van der Waals surface area (Å²) in [5, 5.41) is 3.40. The molecule has 28 heavy (non-hydrogen) atoms. The lowest BCUT2D eigenvalue weighted by Gasteiger charge is -2.37. The fourth-order valence-electron chi connectivity index (χ4n) is 3.69. The Balaban J connectivity index is 0.00000225. The van der Waals surface area contributed by atoms with Gasteiger partial charge in [0, 0.05) is 30.8 Å². The van der Waals surface area contributed by atoms with Crippen molar-refractivity contribution in [3.8, 4) is 11.5 Å². The average molecular weight is 403 g/mol. The number of amides is 1. The lowest BCUT2D eigenvalue weighted by molar-refractivity contribution is 0.0631. The van der Waals surface area contributed by atoms with Gasteiger partial charge in [-0.3, -0.25) is 4.79 Å². The van der Waals surface area contributed by atoms with Gasteiger partial charge in [0.15, 0.2) is 0 Å². The molecule has 1 saturated carbocycles. The first kappa shape index (κ1) is 20.5. The molecule has 1 N–H and O–H groups in total. The van der Waals surface area contributed by atoms with Gasteiger partial charge in [0.2, 0.25) is 0 Å². The number of carbonyl (C=O) groups is 1. The normalized spacial score (nSPS) is 19.3. The molecule has 1 heterocycles. The van der Waals surface area contributed by atoms with E-state index in [2.05, 4.69) is 5.32 Å². The number of nitrogens with zero attached hydrogens (tertiary/aromatic N) is 1. The molecule has 0 bridgehead atoms. The molecule has 0 aromatic heterocycles. The van der Waals surface area contributed by atoms with Gasteiger partial charge in [-0.1, -0.05) is 18.2 Å². The molecule has 2 aromatic carbocycles. The molecule has 0 radical (unpaired) electrons. The summed E-state index contributed by atoms with van der Waals surface area (Å²) < 4.78 is 11.4. The molecule has 1 atom stereocenters. The van der Waals surface area contributed by atoms with Gasteiger partial charge < -0.3 is 19.7 Å². The van der Waals surface area contributed by atoms with Crippen LogP contribution in [0.4, 0.5) is 0 Å². The van der Waals surface area contributed by atoms with Crippen LogP contribution in [0.2, 0.25) is 0 Å². The Labute approximate surface area is 172 Å². The lowest BCUT2D eigenvalue weighted by Crippen LogP contribution is -2.48. The quantitative estimate of drug-likeness (QED) is 0.825. The Kier molecular flexibility index (Phi) is 6.81. The molecule has 1 unspecified atom stereocenters. The highest BCUT2D eigenvalue weighted by atomic mass is 35.5. The van der Waals surface area contributed by atoms with Gasteiger partial charge in [0.1, 0.15) is 11.5 Å². The first-order valence-electron chi connectivity index (χ1n) is 9.67. The second-order valence-electron chi connectivity index (χ2n) is 7.16. The monoisotopic (exact) mass is 402 g/mol. The number of carbonyl (C=O) groups excluding carboxylic acids is 1. The number of ether oxygens (including phenoxy) is 2. The summed E-state index contributed by atoms with van der Waals surface area (Å²) in [5.41, 5.74) is 1.73. The van der Waals surface area contributed by atoms with E-state index in [4.69, 9.17) is 9.47 Å². The van der Waals surface area contributed by atoms with Crippen LogP contribution in [-0.2, 0) is 0 Å². The number of rotatable bonds is 5. The van der Waals surface area contributed by atoms with Crippen molar-refractivity contribution < 1.29 is 14.3 Å². The van der Waals surface area contributed by atoms with Crippen molar-refractivity contribution in [1.82, 2.24) is 10.2 Å². The third-order valence-electron chi connectivity index (χ3n) is 5.46. The van der Waals surface area contributed by atoms with Gasteiger partial charge in [0.25, 0.3) is 5.91 Å². The molecule has 0 spiro atoms. The van der Waals surface area contributed by atoms with Crippen LogP contribution < -0.4 is 14.8 Å². The number of nitrogens with one attached hydrogen (secondary N) is 1. The number of para-hydroxylation sites is 1. The predicted molar refractivity (Wildman–Crippen MR) is 112 cm³/mol. The Hall–Kier alpha value is -2.24. The minimum atomic E-state index is -0.0479. The van der Waals surface area contributed by atoms with Gasteiger partial charge in [-0.05, 0) is 49.6 Å². The highest BCUT2D eigenvalue weighted by Crippen LogP contribution is 2.31. The molecule has 1 aliphatic carbocycles. The van der Waals surface area contributed by atoms with Crippen molar-refractivity contribution in [3.05, 3.63) is 59.7 Å². The summed E-state index contributed by atoms with van der Waals surface area (Å²) in [5.74, 6) is 1.70. The van der Waals surface area contributed by atoms with E-state index in [0.717, 1.165) is 43.0 Å². The van der Waals surface area contributed by atoms with Crippen LogP contribution in [-0.4, -0.2) is 43.7 Å². The number of halogens is 1. The molecule has 2 aliphatic rings. The molecule has 5 nitrogen and oxygen atoms in total. The summed E-state index contributed by atoms with van der Waals surface area (Å²) >= 11 is 0. The molecule has 1 aliphatic heterocycles. The fraction of sp³-hybridized carbons (Fsp3) is 0.409. The van der Waals surface area contributed by atoms with Gasteiger partial charge in [-0.15, -0.1) is 12.4 Å². The molecule has 1 amide bonds. The van der Waals surface area contributed by atoms with Gasteiger partial charge >= 0.3 is 0 Å². The highest BCUT2D eigenvalue weighted by molar-refractivity contribution is 5.94. The fourth-order valence-corrected chi connectivity index (χ4v) is 3.69. The summed E-state index contributed by atoms with van der Waals surface area (Å²) in [7, 11) is 1.67. The third-order valence-corrected chi connectivity index (χ3v) is 5.46.